The van der Waals surface area contributed by atoms with Gasteiger partial charge in [-0.25, -0.2) is 0 Å². The van der Waals surface area contributed by atoms with Crippen LogP contribution in [0.1, 0.15) is 25.3 Å². The Hall–Kier alpha value is -1.39. The quantitative estimate of drug-likeness (QED) is 0.730. The average Bonchev–Trinajstić information content (AvgIpc) is 3.23. The summed E-state index contributed by atoms with van der Waals surface area (Å²) in [7, 11) is 0. The van der Waals surface area contributed by atoms with E-state index >= 15 is 0 Å². The molecule has 1 aromatic carbocycles. The molecular weight excluding hydrogens is 240 g/mol. The molecule has 1 saturated carbocycles. The van der Waals surface area contributed by atoms with Gasteiger partial charge in [-0.05, 0) is 31.2 Å². The lowest BCUT2D eigenvalue weighted by Gasteiger charge is -2.24. The van der Waals surface area contributed by atoms with Crippen LogP contribution in [0.15, 0.2) is 30.3 Å². The van der Waals surface area contributed by atoms with E-state index < -0.39 is 5.54 Å². The first-order valence-electron chi connectivity index (χ1n) is 6.81. The van der Waals surface area contributed by atoms with Crippen molar-refractivity contribution in [2.45, 2.75) is 25.3 Å². The van der Waals surface area contributed by atoms with Crippen LogP contribution < -0.4 is 11.1 Å². The van der Waals surface area contributed by atoms with Crippen LogP contribution in [0, 0.1) is 5.92 Å². The van der Waals surface area contributed by atoms with E-state index in [0.717, 1.165) is 18.1 Å². The maximum absolute atomic E-state index is 12.1. The summed E-state index contributed by atoms with van der Waals surface area (Å²) in [4.78, 5) is 12.1. The van der Waals surface area contributed by atoms with E-state index in [1.807, 2.05) is 30.3 Å². The van der Waals surface area contributed by atoms with Gasteiger partial charge in [0.05, 0.1) is 6.61 Å². The normalized spacial score (nSPS) is 17.8. The molecule has 1 aliphatic carbocycles. The zero-order valence-corrected chi connectivity index (χ0v) is 11.4. The number of ether oxygens (including phenoxy) is 1. The highest BCUT2D eigenvalue weighted by Crippen LogP contribution is 2.28. The molecule has 4 heteroatoms. The van der Waals surface area contributed by atoms with Gasteiger partial charge in [0.2, 0.25) is 5.91 Å². The number of benzene rings is 1. The second-order valence-corrected chi connectivity index (χ2v) is 5.34. The zero-order chi connectivity index (χ0) is 13.7. The molecule has 1 unspecified atom stereocenters. The Kier molecular flexibility index (Phi) is 4.56. The second kappa shape index (κ2) is 6.17. The monoisotopic (exact) mass is 262 g/mol. The van der Waals surface area contributed by atoms with Gasteiger partial charge in [-0.3, -0.25) is 4.79 Å². The third kappa shape index (κ3) is 4.04. The van der Waals surface area contributed by atoms with Crippen LogP contribution in [0.4, 0.5) is 0 Å². The topological polar surface area (TPSA) is 64.4 Å². The van der Waals surface area contributed by atoms with E-state index in [1.165, 1.54) is 12.8 Å². The fourth-order valence-corrected chi connectivity index (χ4v) is 1.87. The van der Waals surface area contributed by atoms with Crippen LogP contribution in [-0.4, -0.2) is 25.7 Å². The predicted molar refractivity (Wildman–Crippen MR) is 74.5 cm³/mol. The fraction of sp³-hybridized carbons (Fsp3) is 0.533. The van der Waals surface area contributed by atoms with Crippen molar-refractivity contribution in [2.75, 3.05) is 19.8 Å². The van der Waals surface area contributed by atoms with Crippen molar-refractivity contribution in [3.05, 3.63) is 35.9 Å². The Morgan fingerprint density at radius 1 is 1.42 bits per heavy atom. The molecule has 0 saturated heterocycles. The van der Waals surface area contributed by atoms with E-state index in [-0.39, 0.29) is 5.91 Å². The van der Waals surface area contributed by atoms with Crippen molar-refractivity contribution in [3.63, 3.8) is 0 Å². The largest absolute Gasteiger partial charge is 0.379 e. The minimum atomic E-state index is -1.00. The number of amides is 1. The van der Waals surface area contributed by atoms with E-state index in [4.69, 9.17) is 10.5 Å². The fourth-order valence-electron chi connectivity index (χ4n) is 1.87. The van der Waals surface area contributed by atoms with Crippen LogP contribution in [0.2, 0.25) is 0 Å². The SMILES string of the molecule is CC(N)(C(=O)NCCOCC1CC1)c1ccccc1. The van der Waals surface area contributed by atoms with Gasteiger partial charge >= 0.3 is 0 Å². The highest BCUT2D eigenvalue weighted by molar-refractivity contribution is 5.86. The van der Waals surface area contributed by atoms with Gasteiger partial charge in [0.15, 0.2) is 0 Å². The van der Waals surface area contributed by atoms with Gasteiger partial charge in [-0.1, -0.05) is 30.3 Å². The first-order chi connectivity index (χ1) is 9.10. The van der Waals surface area contributed by atoms with Crippen LogP contribution in [0.5, 0.6) is 0 Å². The van der Waals surface area contributed by atoms with Crippen LogP contribution in [0.25, 0.3) is 0 Å². The lowest BCUT2D eigenvalue weighted by Crippen LogP contribution is -2.49. The average molecular weight is 262 g/mol. The predicted octanol–water partition coefficient (Wildman–Crippen LogP) is 1.40. The standard InChI is InChI=1S/C15H22N2O2/c1-15(16,13-5-3-2-4-6-13)14(18)17-9-10-19-11-12-7-8-12/h2-6,12H,7-11,16H2,1H3,(H,17,18). The molecular formula is C15H22N2O2. The van der Waals surface area contributed by atoms with Crippen molar-refractivity contribution < 1.29 is 9.53 Å². The Morgan fingerprint density at radius 3 is 2.74 bits per heavy atom. The Balaban J connectivity index is 1.74. The summed E-state index contributed by atoms with van der Waals surface area (Å²) in [5.41, 5.74) is 5.91. The molecule has 1 amide bonds. The number of carbonyl (C=O) groups excluding carboxylic acids is 1. The lowest BCUT2D eigenvalue weighted by atomic mass is 9.92. The van der Waals surface area contributed by atoms with Crippen molar-refractivity contribution >= 4 is 5.91 Å². The van der Waals surface area contributed by atoms with Crippen molar-refractivity contribution in [1.29, 1.82) is 0 Å². The molecule has 3 N–H and O–H groups in total. The first-order valence-corrected chi connectivity index (χ1v) is 6.81. The summed E-state index contributed by atoms with van der Waals surface area (Å²) in [5, 5.41) is 2.83. The van der Waals surface area contributed by atoms with Gasteiger partial charge in [0.1, 0.15) is 5.54 Å². The molecule has 0 bridgehead atoms. The molecule has 0 aromatic heterocycles. The summed E-state index contributed by atoms with van der Waals surface area (Å²) >= 11 is 0. The Morgan fingerprint density at radius 2 is 2.11 bits per heavy atom. The smallest absolute Gasteiger partial charge is 0.244 e. The Labute approximate surface area is 114 Å². The molecule has 0 heterocycles. The third-order valence-corrected chi connectivity index (χ3v) is 3.43. The van der Waals surface area contributed by atoms with Crippen molar-refractivity contribution in [1.82, 2.24) is 5.32 Å². The van der Waals surface area contributed by atoms with Gasteiger partial charge in [0.25, 0.3) is 0 Å². The molecule has 0 spiro atoms. The minimum Gasteiger partial charge on any atom is -0.379 e. The van der Waals surface area contributed by atoms with Crippen molar-refractivity contribution in [3.8, 4) is 0 Å². The maximum Gasteiger partial charge on any atom is 0.244 e. The number of rotatable bonds is 7. The summed E-state index contributed by atoms with van der Waals surface area (Å²) < 4.78 is 5.47. The molecule has 0 radical (unpaired) electrons. The van der Waals surface area contributed by atoms with Crippen LogP contribution in [0.3, 0.4) is 0 Å². The van der Waals surface area contributed by atoms with Crippen LogP contribution in [-0.2, 0) is 15.1 Å². The molecule has 4 nitrogen and oxygen atoms in total. The molecule has 104 valence electrons. The van der Waals surface area contributed by atoms with Gasteiger partial charge in [0, 0.05) is 13.2 Å². The maximum atomic E-state index is 12.1. The highest BCUT2D eigenvalue weighted by Gasteiger charge is 2.29. The number of hydrogen-bond acceptors (Lipinski definition) is 3. The first kappa shape index (κ1) is 14.0. The van der Waals surface area contributed by atoms with Crippen molar-refractivity contribution in [2.24, 2.45) is 11.7 Å². The summed E-state index contributed by atoms with van der Waals surface area (Å²) in [5.74, 6) is 0.577. The Bertz CT molecular complexity index is 413. The molecule has 1 atom stereocenters. The summed E-state index contributed by atoms with van der Waals surface area (Å²) in [6, 6.07) is 9.40. The number of nitrogens with one attached hydrogen (secondary N) is 1. The number of nitrogens with two attached hydrogens (primary N) is 1. The molecule has 0 aliphatic heterocycles. The van der Waals surface area contributed by atoms with Crippen LogP contribution >= 0.6 is 0 Å². The van der Waals surface area contributed by atoms with E-state index in [1.54, 1.807) is 6.92 Å². The lowest BCUT2D eigenvalue weighted by molar-refractivity contribution is -0.126. The molecule has 1 aromatic rings. The van der Waals surface area contributed by atoms with Gasteiger partial charge < -0.3 is 15.8 Å². The van der Waals surface area contributed by atoms with Gasteiger partial charge in [-0.2, -0.15) is 0 Å². The molecule has 1 aliphatic rings. The minimum absolute atomic E-state index is 0.172. The highest BCUT2D eigenvalue weighted by atomic mass is 16.5. The van der Waals surface area contributed by atoms with E-state index in [2.05, 4.69) is 5.32 Å². The van der Waals surface area contributed by atoms with E-state index in [0.29, 0.717) is 13.2 Å². The molecule has 19 heavy (non-hydrogen) atoms. The summed E-state index contributed by atoms with van der Waals surface area (Å²) in [6.45, 7) is 3.59. The number of carbonyl (C=O) groups is 1. The zero-order valence-electron chi connectivity index (χ0n) is 11.4. The summed E-state index contributed by atoms with van der Waals surface area (Å²) in [6.07, 6.45) is 2.56. The van der Waals surface area contributed by atoms with E-state index in [9.17, 15) is 4.79 Å². The number of hydrogen-bond donors (Lipinski definition) is 2. The second-order valence-electron chi connectivity index (χ2n) is 5.34. The third-order valence-electron chi connectivity index (χ3n) is 3.43. The molecule has 2 rings (SSSR count). The molecule has 1 fully saturated rings. The van der Waals surface area contributed by atoms with Gasteiger partial charge in [-0.15, -0.1) is 0 Å².